The maximum absolute atomic E-state index is 14.5. The topological polar surface area (TPSA) is 86.8 Å². The second-order valence-corrected chi connectivity index (χ2v) is 13.9. The van der Waals surface area contributed by atoms with Crippen molar-refractivity contribution in [1.29, 1.82) is 0 Å². The number of sulfonamides is 1. The molecule has 1 aliphatic rings. The molecule has 4 aromatic carbocycles. The summed E-state index contributed by atoms with van der Waals surface area (Å²) in [5.41, 5.74) is 1.86. The van der Waals surface area contributed by atoms with Crippen LogP contribution in [0.1, 0.15) is 36.8 Å². The maximum atomic E-state index is 14.5. The molecule has 1 aliphatic carbocycles. The molecule has 1 atom stereocenters. The second kappa shape index (κ2) is 15.0. The van der Waals surface area contributed by atoms with Crippen LogP contribution < -0.4 is 9.62 Å². The predicted octanol–water partition coefficient (Wildman–Crippen LogP) is 6.89. The lowest BCUT2D eigenvalue weighted by Crippen LogP contribution is -2.54. The molecule has 1 saturated carbocycles. The summed E-state index contributed by atoms with van der Waals surface area (Å²) in [6.07, 6.45) is 4.09. The lowest BCUT2D eigenvalue weighted by molar-refractivity contribution is -0.140. The fourth-order valence-corrected chi connectivity index (χ4v) is 7.33. The van der Waals surface area contributed by atoms with Crippen molar-refractivity contribution in [3.8, 4) is 0 Å². The van der Waals surface area contributed by atoms with Crippen molar-refractivity contribution < 1.29 is 18.0 Å². The van der Waals surface area contributed by atoms with Crippen molar-refractivity contribution >= 4 is 50.7 Å². The molecule has 1 fully saturated rings. The summed E-state index contributed by atoms with van der Waals surface area (Å²) in [7, 11) is -4.19. The van der Waals surface area contributed by atoms with Gasteiger partial charge in [-0.2, -0.15) is 0 Å². The minimum absolute atomic E-state index is 0.0295. The van der Waals surface area contributed by atoms with E-state index < -0.39 is 28.5 Å². The quantitative estimate of drug-likeness (QED) is 0.179. The Hall–Kier alpha value is -3.85. The molecule has 0 bridgehead atoms. The third kappa shape index (κ3) is 8.45. The van der Waals surface area contributed by atoms with E-state index in [4.69, 9.17) is 23.2 Å². The van der Waals surface area contributed by atoms with Crippen LogP contribution in [0.2, 0.25) is 10.0 Å². The average molecular weight is 665 g/mol. The first kappa shape index (κ1) is 32.5. The van der Waals surface area contributed by atoms with Crippen LogP contribution in [0.15, 0.2) is 114 Å². The molecular weight excluding hydrogens is 629 g/mol. The summed E-state index contributed by atoms with van der Waals surface area (Å²) in [6.45, 7) is -0.479. The first-order chi connectivity index (χ1) is 21.7. The van der Waals surface area contributed by atoms with E-state index in [1.165, 1.54) is 23.1 Å². The Kier molecular flexibility index (Phi) is 10.8. The van der Waals surface area contributed by atoms with Gasteiger partial charge in [0.25, 0.3) is 10.0 Å². The summed E-state index contributed by atoms with van der Waals surface area (Å²) in [5, 5.41) is 4.04. The summed E-state index contributed by atoms with van der Waals surface area (Å²) in [4.78, 5) is 30.1. The molecule has 45 heavy (non-hydrogen) atoms. The van der Waals surface area contributed by atoms with Crippen LogP contribution in [0, 0.1) is 0 Å². The first-order valence-electron chi connectivity index (χ1n) is 14.9. The van der Waals surface area contributed by atoms with E-state index in [2.05, 4.69) is 5.32 Å². The summed E-state index contributed by atoms with van der Waals surface area (Å²) < 4.78 is 29.1. The molecule has 234 valence electrons. The molecule has 1 N–H and O–H groups in total. The molecule has 0 unspecified atom stereocenters. The number of carbonyl (C=O) groups excluding carboxylic acids is 2. The van der Waals surface area contributed by atoms with Gasteiger partial charge in [0, 0.05) is 29.1 Å². The fourth-order valence-electron chi connectivity index (χ4n) is 5.59. The van der Waals surface area contributed by atoms with E-state index in [1.807, 2.05) is 30.3 Å². The van der Waals surface area contributed by atoms with E-state index in [0.29, 0.717) is 10.0 Å². The summed E-state index contributed by atoms with van der Waals surface area (Å²) in [5.74, 6) is -0.805. The molecule has 7 nitrogen and oxygen atoms in total. The molecule has 0 aromatic heterocycles. The van der Waals surface area contributed by atoms with Crippen molar-refractivity contribution in [3.05, 3.63) is 130 Å². The van der Waals surface area contributed by atoms with Gasteiger partial charge in [0.15, 0.2) is 0 Å². The van der Waals surface area contributed by atoms with Gasteiger partial charge in [-0.15, -0.1) is 0 Å². The minimum Gasteiger partial charge on any atom is -0.352 e. The van der Waals surface area contributed by atoms with Gasteiger partial charge in [-0.25, -0.2) is 8.42 Å². The number of carbonyl (C=O) groups is 2. The molecule has 4 aromatic rings. The Morgan fingerprint density at radius 1 is 0.778 bits per heavy atom. The van der Waals surface area contributed by atoms with Gasteiger partial charge in [0.1, 0.15) is 12.6 Å². The standard InChI is InChI=1S/C35H35Cl2N3O4S/c36-28-20-18-27(19-21-28)24-39(33(22-26-10-3-1-4-11-26)35(42)38-30-13-7-8-14-30)34(41)25-40(31-15-9-12-29(37)23-31)45(43,44)32-16-5-2-6-17-32/h1-6,9-12,15-21,23,30,33H,7-8,13-14,22,24-25H2,(H,38,42)/t33-/m1/s1. The molecule has 5 rings (SSSR count). The van der Waals surface area contributed by atoms with Crippen molar-refractivity contribution in [3.63, 3.8) is 0 Å². The predicted molar refractivity (Wildman–Crippen MR) is 179 cm³/mol. The number of nitrogens with zero attached hydrogens (tertiary/aromatic N) is 2. The molecule has 10 heteroatoms. The van der Waals surface area contributed by atoms with Crippen LogP contribution in [0.5, 0.6) is 0 Å². The molecule has 2 amide bonds. The van der Waals surface area contributed by atoms with Gasteiger partial charge >= 0.3 is 0 Å². The van der Waals surface area contributed by atoms with E-state index >= 15 is 0 Å². The van der Waals surface area contributed by atoms with Crippen molar-refractivity contribution in [2.24, 2.45) is 0 Å². The zero-order valence-electron chi connectivity index (χ0n) is 24.7. The highest BCUT2D eigenvalue weighted by Crippen LogP contribution is 2.27. The van der Waals surface area contributed by atoms with E-state index in [-0.39, 0.29) is 35.5 Å². The Labute approximate surface area is 274 Å². The van der Waals surface area contributed by atoms with Crippen LogP contribution in [0.25, 0.3) is 0 Å². The largest absolute Gasteiger partial charge is 0.352 e. The molecule has 0 heterocycles. The van der Waals surface area contributed by atoms with Crippen molar-refractivity contribution in [1.82, 2.24) is 10.2 Å². The third-order valence-corrected chi connectivity index (χ3v) is 10.2. The lowest BCUT2D eigenvalue weighted by Gasteiger charge is -2.34. The second-order valence-electron chi connectivity index (χ2n) is 11.1. The van der Waals surface area contributed by atoms with E-state index in [1.54, 1.807) is 60.7 Å². The third-order valence-electron chi connectivity index (χ3n) is 7.95. The minimum atomic E-state index is -4.19. The van der Waals surface area contributed by atoms with Crippen molar-refractivity contribution in [2.45, 2.75) is 55.6 Å². The number of amides is 2. The number of rotatable bonds is 12. The molecular formula is C35H35Cl2N3O4S. The molecule has 0 spiro atoms. The van der Waals surface area contributed by atoms with Gasteiger partial charge in [0.2, 0.25) is 11.8 Å². The zero-order valence-corrected chi connectivity index (χ0v) is 27.0. The van der Waals surface area contributed by atoms with Gasteiger partial charge in [-0.1, -0.05) is 103 Å². The van der Waals surface area contributed by atoms with Crippen LogP contribution >= 0.6 is 23.2 Å². The highest BCUT2D eigenvalue weighted by Gasteiger charge is 2.35. The Balaban J connectivity index is 1.56. The van der Waals surface area contributed by atoms with Gasteiger partial charge in [-0.3, -0.25) is 13.9 Å². The molecule has 0 saturated heterocycles. The van der Waals surface area contributed by atoms with E-state index in [9.17, 15) is 18.0 Å². The number of benzene rings is 4. The van der Waals surface area contributed by atoms with Gasteiger partial charge < -0.3 is 10.2 Å². The monoisotopic (exact) mass is 663 g/mol. The normalized spacial score (nSPS) is 14.1. The smallest absolute Gasteiger partial charge is 0.264 e. The highest BCUT2D eigenvalue weighted by atomic mass is 35.5. The van der Waals surface area contributed by atoms with Gasteiger partial charge in [0.05, 0.1) is 10.6 Å². The number of nitrogens with one attached hydrogen (secondary N) is 1. The first-order valence-corrected chi connectivity index (χ1v) is 17.1. The average Bonchev–Trinajstić information content (AvgIpc) is 3.56. The SMILES string of the molecule is O=C(NC1CCCC1)[C@@H](Cc1ccccc1)N(Cc1ccc(Cl)cc1)C(=O)CN(c1cccc(Cl)c1)S(=O)(=O)c1ccccc1. The Bertz CT molecular complexity index is 1700. The number of hydrogen-bond acceptors (Lipinski definition) is 4. The fraction of sp³-hybridized carbons (Fsp3) is 0.257. The molecule has 0 aliphatic heterocycles. The summed E-state index contributed by atoms with van der Waals surface area (Å²) in [6, 6.07) is 30.0. The van der Waals surface area contributed by atoms with Gasteiger partial charge in [-0.05, 0) is 66.4 Å². The number of hydrogen-bond donors (Lipinski definition) is 1. The Morgan fingerprint density at radius 2 is 1.42 bits per heavy atom. The zero-order chi connectivity index (χ0) is 31.8. The van der Waals surface area contributed by atoms with Crippen LogP contribution in [-0.4, -0.2) is 43.8 Å². The Morgan fingerprint density at radius 3 is 2.07 bits per heavy atom. The summed E-state index contributed by atoms with van der Waals surface area (Å²) >= 11 is 12.4. The highest BCUT2D eigenvalue weighted by molar-refractivity contribution is 7.92. The van der Waals surface area contributed by atoms with Crippen LogP contribution in [0.3, 0.4) is 0 Å². The maximum Gasteiger partial charge on any atom is 0.264 e. The molecule has 0 radical (unpaired) electrons. The lowest BCUT2D eigenvalue weighted by atomic mass is 10.0. The van der Waals surface area contributed by atoms with E-state index in [0.717, 1.165) is 41.1 Å². The van der Waals surface area contributed by atoms with Crippen LogP contribution in [-0.2, 0) is 32.6 Å². The number of halogens is 2. The number of anilines is 1. The van der Waals surface area contributed by atoms with Crippen LogP contribution in [0.4, 0.5) is 5.69 Å². The van der Waals surface area contributed by atoms with Crippen molar-refractivity contribution in [2.75, 3.05) is 10.8 Å².